The number of aliphatic hydroxyl groups excluding tert-OH is 9. The molecule has 192 valence electrons. The number of fused-ring (bicyclic) bond motifs is 2. The maximum Gasteiger partial charge on any atom is 0.187 e. The number of hydrogen-bond acceptors (Lipinski definition) is 15. The highest BCUT2D eigenvalue weighted by atomic mass is 16.8. The van der Waals surface area contributed by atoms with E-state index in [1.54, 1.807) is 0 Å². The zero-order chi connectivity index (χ0) is 24.0. The molecule has 1 unspecified atom stereocenters. The molecule has 0 aromatic carbocycles. The van der Waals surface area contributed by atoms with Crippen LogP contribution < -0.4 is 0 Å². The van der Waals surface area contributed by atoms with E-state index in [1.165, 1.54) is 0 Å². The Morgan fingerprint density at radius 1 is 0.576 bits per heavy atom. The first-order valence-corrected chi connectivity index (χ1v) is 10.5. The van der Waals surface area contributed by atoms with Gasteiger partial charge in [-0.05, 0) is 0 Å². The fourth-order valence-electron chi connectivity index (χ4n) is 4.36. The molecule has 15 nitrogen and oxygen atoms in total. The summed E-state index contributed by atoms with van der Waals surface area (Å²) >= 11 is 0. The Balaban J connectivity index is 1.44. The predicted octanol–water partition coefficient (Wildman–Crippen LogP) is -6.53. The van der Waals surface area contributed by atoms with Gasteiger partial charge in [-0.25, -0.2) is 0 Å². The Morgan fingerprint density at radius 3 is 1.76 bits per heavy atom. The fourth-order valence-corrected chi connectivity index (χ4v) is 4.36. The molecule has 4 rings (SSSR count). The van der Waals surface area contributed by atoms with Crippen LogP contribution in [0.4, 0.5) is 0 Å². The van der Waals surface area contributed by atoms with Gasteiger partial charge in [-0.2, -0.15) is 0 Å². The molecule has 0 aromatic heterocycles. The largest absolute Gasteiger partial charge is 0.394 e. The van der Waals surface area contributed by atoms with E-state index in [9.17, 15) is 46.0 Å². The Labute approximate surface area is 187 Å². The van der Waals surface area contributed by atoms with E-state index >= 15 is 0 Å². The van der Waals surface area contributed by atoms with Gasteiger partial charge in [0.15, 0.2) is 18.9 Å². The van der Waals surface area contributed by atoms with Crippen LogP contribution in [-0.2, 0) is 28.4 Å². The molecule has 9 N–H and O–H groups in total. The van der Waals surface area contributed by atoms with E-state index in [1.807, 2.05) is 0 Å². The van der Waals surface area contributed by atoms with Crippen LogP contribution in [0.25, 0.3) is 0 Å². The SMILES string of the molecule is OC[C@H]1O[C@@H](O[C@H]2[C@H](O)[C@@H](O)[C@H](OC3[C@H]4CO[C@H](O4)[C@H](O)[C@H]3O)O[C@@H]2CO)[C@H](O)[C@@H](O)[C@@H]1O. The van der Waals surface area contributed by atoms with Gasteiger partial charge in [-0.15, -0.1) is 0 Å². The van der Waals surface area contributed by atoms with Crippen LogP contribution in [0.3, 0.4) is 0 Å². The standard InChI is InChI=1S/C18H30O15/c19-1-4-7(21)8(22)11(25)17(29-4)32-14-5(2-20)30-18(13(27)10(14)24)33-15-6-3-28-16(31-6)12(26)9(15)23/h4-27H,1-3H2/t4-,5-,6-,7-,8+,9-,10-,11-,12-,13-,14-,15?,16-,17+,18+/m1/s1. The molecule has 4 heterocycles. The maximum atomic E-state index is 10.6. The topological polar surface area (TPSA) is 237 Å². The average molecular weight is 486 g/mol. The van der Waals surface area contributed by atoms with Crippen molar-refractivity contribution in [2.24, 2.45) is 0 Å². The van der Waals surface area contributed by atoms with Crippen molar-refractivity contribution in [3.8, 4) is 0 Å². The van der Waals surface area contributed by atoms with Gasteiger partial charge in [0.1, 0.15) is 73.2 Å². The number of aliphatic hydroxyl groups is 9. The lowest BCUT2D eigenvalue weighted by atomic mass is 9.96. The van der Waals surface area contributed by atoms with Crippen molar-refractivity contribution < 1.29 is 74.4 Å². The molecule has 2 bridgehead atoms. The molecule has 0 saturated carbocycles. The quantitative estimate of drug-likeness (QED) is 0.170. The van der Waals surface area contributed by atoms with E-state index < -0.39 is 105 Å². The van der Waals surface area contributed by atoms with Crippen LogP contribution in [0.2, 0.25) is 0 Å². The smallest absolute Gasteiger partial charge is 0.187 e. The molecular weight excluding hydrogens is 456 g/mol. The summed E-state index contributed by atoms with van der Waals surface area (Å²) in [5, 5.41) is 90.5. The van der Waals surface area contributed by atoms with E-state index in [2.05, 4.69) is 0 Å². The second-order valence-electron chi connectivity index (χ2n) is 8.46. The van der Waals surface area contributed by atoms with Crippen LogP contribution in [0, 0.1) is 0 Å². The summed E-state index contributed by atoms with van der Waals surface area (Å²) in [7, 11) is 0. The predicted molar refractivity (Wildman–Crippen MR) is 97.9 cm³/mol. The number of ether oxygens (including phenoxy) is 6. The molecule has 15 atom stereocenters. The van der Waals surface area contributed by atoms with Gasteiger partial charge in [0.25, 0.3) is 0 Å². The van der Waals surface area contributed by atoms with E-state index in [-0.39, 0.29) is 6.61 Å². The van der Waals surface area contributed by atoms with Gasteiger partial charge in [-0.1, -0.05) is 0 Å². The normalized spacial score (nSPS) is 55.0. The summed E-state index contributed by atoms with van der Waals surface area (Å²) in [6.07, 6.45) is -21.9. The molecule has 4 aliphatic rings. The summed E-state index contributed by atoms with van der Waals surface area (Å²) in [6, 6.07) is 0. The fraction of sp³-hybridized carbons (Fsp3) is 1.00. The van der Waals surface area contributed by atoms with Gasteiger partial charge >= 0.3 is 0 Å². The van der Waals surface area contributed by atoms with Crippen molar-refractivity contribution in [3.05, 3.63) is 0 Å². The van der Waals surface area contributed by atoms with Gasteiger partial charge in [-0.3, -0.25) is 0 Å². The Hall–Kier alpha value is -0.600. The van der Waals surface area contributed by atoms with Crippen molar-refractivity contribution in [1.82, 2.24) is 0 Å². The van der Waals surface area contributed by atoms with Crippen LogP contribution in [-0.4, -0.2) is 158 Å². The van der Waals surface area contributed by atoms with Crippen LogP contribution in [0.15, 0.2) is 0 Å². The van der Waals surface area contributed by atoms with E-state index in [0.29, 0.717) is 0 Å². The summed E-state index contributed by atoms with van der Waals surface area (Å²) in [4.78, 5) is 0. The molecule has 0 amide bonds. The third-order valence-electron chi connectivity index (χ3n) is 6.32. The highest BCUT2D eigenvalue weighted by Crippen LogP contribution is 2.34. The van der Waals surface area contributed by atoms with Gasteiger partial charge in [0.2, 0.25) is 0 Å². The first-order chi connectivity index (χ1) is 15.7. The lowest BCUT2D eigenvalue weighted by Crippen LogP contribution is -2.66. The Bertz CT molecular complexity index is 650. The zero-order valence-electron chi connectivity index (χ0n) is 17.3. The maximum absolute atomic E-state index is 10.6. The molecule has 4 fully saturated rings. The average Bonchev–Trinajstić information content (AvgIpc) is 3.26. The van der Waals surface area contributed by atoms with Crippen molar-refractivity contribution in [2.45, 2.75) is 92.1 Å². The Morgan fingerprint density at radius 2 is 1.12 bits per heavy atom. The first-order valence-electron chi connectivity index (χ1n) is 10.5. The molecular formula is C18H30O15. The zero-order valence-corrected chi connectivity index (χ0v) is 17.3. The van der Waals surface area contributed by atoms with Crippen molar-refractivity contribution in [2.75, 3.05) is 19.8 Å². The van der Waals surface area contributed by atoms with Gasteiger partial charge in [0.05, 0.1) is 19.8 Å². The second kappa shape index (κ2) is 10.2. The van der Waals surface area contributed by atoms with Crippen molar-refractivity contribution in [3.63, 3.8) is 0 Å². The molecule has 0 aromatic rings. The van der Waals surface area contributed by atoms with Crippen LogP contribution in [0.1, 0.15) is 0 Å². The summed E-state index contributed by atoms with van der Waals surface area (Å²) < 4.78 is 32.4. The molecule has 0 radical (unpaired) electrons. The minimum Gasteiger partial charge on any atom is -0.394 e. The number of rotatable bonds is 6. The molecule has 0 spiro atoms. The minimum absolute atomic E-state index is 0.00109. The second-order valence-corrected chi connectivity index (χ2v) is 8.46. The first kappa shape index (κ1) is 25.5. The lowest BCUT2D eigenvalue weighted by Gasteiger charge is -2.47. The summed E-state index contributed by atoms with van der Waals surface area (Å²) in [5.74, 6) is 0. The third-order valence-corrected chi connectivity index (χ3v) is 6.32. The lowest BCUT2D eigenvalue weighted by molar-refractivity contribution is -0.371. The molecule has 33 heavy (non-hydrogen) atoms. The minimum atomic E-state index is -1.79. The molecule has 0 aliphatic carbocycles. The number of hydrogen-bond donors (Lipinski definition) is 9. The van der Waals surface area contributed by atoms with E-state index in [4.69, 9.17) is 28.4 Å². The molecule has 4 aliphatic heterocycles. The Kier molecular flexibility index (Phi) is 7.86. The van der Waals surface area contributed by atoms with E-state index in [0.717, 1.165) is 0 Å². The monoisotopic (exact) mass is 486 g/mol. The molecule has 15 heteroatoms. The van der Waals surface area contributed by atoms with Crippen molar-refractivity contribution >= 4 is 0 Å². The summed E-state index contributed by atoms with van der Waals surface area (Å²) in [6.45, 7) is -1.45. The van der Waals surface area contributed by atoms with Gasteiger partial charge < -0.3 is 74.4 Å². The van der Waals surface area contributed by atoms with Crippen molar-refractivity contribution in [1.29, 1.82) is 0 Å². The third kappa shape index (κ3) is 4.65. The van der Waals surface area contributed by atoms with Crippen LogP contribution in [0.5, 0.6) is 0 Å². The van der Waals surface area contributed by atoms with Crippen LogP contribution >= 0.6 is 0 Å². The summed E-state index contributed by atoms with van der Waals surface area (Å²) in [5.41, 5.74) is 0. The highest BCUT2D eigenvalue weighted by molar-refractivity contribution is 4.97. The van der Waals surface area contributed by atoms with Gasteiger partial charge in [0, 0.05) is 0 Å². The molecule has 4 saturated heterocycles. The highest BCUT2D eigenvalue weighted by Gasteiger charge is 2.55.